The molecule has 0 radical (unpaired) electrons. The summed E-state index contributed by atoms with van der Waals surface area (Å²) in [6, 6.07) is 6.96. The minimum atomic E-state index is -0.129. The second kappa shape index (κ2) is 9.31. The molecule has 116 valence electrons. The van der Waals surface area contributed by atoms with E-state index in [2.05, 4.69) is 6.92 Å². The topological polar surface area (TPSA) is 75.8 Å². The normalized spacial score (nSPS) is 10.2. The molecule has 0 saturated carbocycles. The van der Waals surface area contributed by atoms with Crippen LogP contribution in [0.3, 0.4) is 0 Å². The molecule has 1 aromatic rings. The van der Waals surface area contributed by atoms with Crippen LogP contribution in [-0.2, 0) is 4.79 Å². The zero-order valence-electron chi connectivity index (χ0n) is 12.2. The van der Waals surface area contributed by atoms with Crippen LogP contribution in [-0.4, -0.2) is 47.2 Å². The molecule has 6 heteroatoms. The lowest BCUT2D eigenvalue weighted by Crippen LogP contribution is -2.37. The molecule has 0 aromatic heterocycles. The lowest BCUT2D eigenvalue weighted by molar-refractivity contribution is -0.134. The summed E-state index contributed by atoms with van der Waals surface area (Å²) in [4.78, 5) is 14.0. The number of benzene rings is 1. The van der Waals surface area contributed by atoms with Gasteiger partial charge in [0.15, 0.2) is 6.61 Å². The number of ether oxygens (including phenoxy) is 1. The van der Waals surface area contributed by atoms with E-state index >= 15 is 0 Å². The lowest BCUT2D eigenvalue weighted by atomic mass is 10.2. The predicted octanol–water partition coefficient (Wildman–Crippen LogP) is 1.32. The van der Waals surface area contributed by atoms with Gasteiger partial charge in [0.05, 0.1) is 6.61 Å². The van der Waals surface area contributed by atoms with Crippen molar-refractivity contribution in [2.75, 3.05) is 26.3 Å². The summed E-state index contributed by atoms with van der Waals surface area (Å²) >= 11 is 4.87. The van der Waals surface area contributed by atoms with Gasteiger partial charge in [-0.15, -0.1) is 0 Å². The van der Waals surface area contributed by atoms with Gasteiger partial charge >= 0.3 is 0 Å². The first kappa shape index (κ1) is 17.4. The van der Waals surface area contributed by atoms with Crippen molar-refractivity contribution >= 4 is 23.1 Å². The number of amides is 1. The van der Waals surface area contributed by atoms with E-state index in [4.69, 9.17) is 27.8 Å². The first-order valence-electron chi connectivity index (χ1n) is 6.99. The molecule has 0 aliphatic carbocycles. The fraction of sp³-hybridized carbons (Fsp3) is 0.467. The highest BCUT2D eigenvalue weighted by molar-refractivity contribution is 7.80. The van der Waals surface area contributed by atoms with Crippen molar-refractivity contribution in [1.29, 1.82) is 0 Å². The number of aliphatic hydroxyl groups is 1. The van der Waals surface area contributed by atoms with Crippen molar-refractivity contribution in [3.63, 3.8) is 0 Å². The maximum atomic E-state index is 12.0. The summed E-state index contributed by atoms with van der Waals surface area (Å²) in [6.07, 6.45) is 1.91. The Bertz CT molecular complexity index is 462. The average molecular weight is 310 g/mol. The van der Waals surface area contributed by atoms with E-state index in [1.54, 1.807) is 29.2 Å². The van der Waals surface area contributed by atoms with Gasteiger partial charge in [0.1, 0.15) is 10.7 Å². The Morgan fingerprint density at radius 3 is 2.52 bits per heavy atom. The summed E-state index contributed by atoms with van der Waals surface area (Å²) in [6.45, 7) is 2.94. The van der Waals surface area contributed by atoms with Crippen LogP contribution in [0.2, 0.25) is 0 Å². The zero-order chi connectivity index (χ0) is 15.7. The SMILES string of the molecule is CCCCN(CCO)C(=O)COc1ccc(C(N)=S)cc1. The maximum absolute atomic E-state index is 12.0. The number of carbonyl (C=O) groups excluding carboxylic acids is 1. The summed E-state index contributed by atoms with van der Waals surface area (Å²) in [5, 5.41) is 8.99. The van der Waals surface area contributed by atoms with Crippen molar-refractivity contribution in [1.82, 2.24) is 4.90 Å². The molecular weight excluding hydrogens is 288 g/mol. The number of thiocarbonyl (C=S) groups is 1. The molecule has 1 aromatic carbocycles. The first-order chi connectivity index (χ1) is 10.1. The van der Waals surface area contributed by atoms with E-state index in [9.17, 15) is 4.79 Å². The van der Waals surface area contributed by atoms with Crippen molar-refractivity contribution in [2.24, 2.45) is 5.73 Å². The van der Waals surface area contributed by atoms with Gasteiger partial charge < -0.3 is 20.5 Å². The minimum absolute atomic E-state index is 0.0436. The number of hydrogen-bond acceptors (Lipinski definition) is 4. The molecule has 0 unspecified atom stereocenters. The molecule has 3 N–H and O–H groups in total. The number of nitrogens with two attached hydrogens (primary N) is 1. The summed E-state index contributed by atoms with van der Waals surface area (Å²) in [5.41, 5.74) is 6.27. The molecule has 0 heterocycles. The van der Waals surface area contributed by atoms with Gasteiger partial charge in [0, 0.05) is 18.7 Å². The summed E-state index contributed by atoms with van der Waals surface area (Å²) in [5.74, 6) is 0.457. The van der Waals surface area contributed by atoms with E-state index in [0.717, 1.165) is 18.4 Å². The number of hydrogen-bond donors (Lipinski definition) is 2. The van der Waals surface area contributed by atoms with E-state index in [-0.39, 0.29) is 19.1 Å². The van der Waals surface area contributed by atoms with Gasteiger partial charge in [0.2, 0.25) is 0 Å². The minimum Gasteiger partial charge on any atom is -0.484 e. The van der Waals surface area contributed by atoms with Gasteiger partial charge in [-0.2, -0.15) is 0 Å². The van der Waals surface area contributed by atoms with E-state index in [1.165, 1.54) is 0 Å². The highest BCUT2D eigenvalue weighted by Gasteiger charge is 2.13. The molecular formula is C15H22N2O3S. The van der Waals surface area contributed by atoms with Crippen LogP contribution in [0.5, 0.6) is 5.75 Å². The second-order valence-electron chi connectivity index (χ2n) is 4.64. The number of rotatable bonds is 9. The second-order valence-corrected chi connectivity index (χ2v) is 5.08. The van der Waals surface area contributed by atoms with Gasteiger partial charge in [-0.25, -0.2) is 0 Å². The third-order valence-electron chi connectivity index (χ3n) is 3.01. The Kier molecular flexibility index (Phi) is 7.71. The molecule has 0 spiro atoms. The Morgan fingerprint density at radius 1 is 1.33 bits per heavy atom. The van der Waals surface area contributed by atoms with E-state index in [0.29, 0.717) is 23.8 Å². The summed E-state index contributed by atoms with van der Waals surface area (Å²) in [7, 11) is 0. The van der Waals surface area contributed by atoms with Crippen LogP contribution in [0, 0.1) is 0 Å². The summed E-state index contributed by atoms with van der Waals surface area (Å²) < 4.78 is 5.45. The maximum Gasteiger partial charge on any atom is 0.260 e. The zero-order valence-corrected chi connectivity index (χ0v) is 13.1. The van der Waals surface area contributed by atoms with Gasteiger partial charge in [-0.1, -0.05) is 25.6 Å². The monoisotopic (exact) mass is 310 g/mol. The Balaban J connectivity index is 2.51. The van der Waals surface area contributed by atoms with Crippen molar-refractivity contribution in [3.8, 4) is 5.75 Å². The average Bonchev–Trinajstić information content (AvgIpc) is 2.49. The number of carbonyl (C=O) groups is 1. The Hall–Kier alpha value is -1.66. The standard InChI is InChI=1S/C15H22N2O3S/c1-2-3-8-17(9-10-18)14(19)11-20-13-6-4-12(5-7-13)15(16)21/h4-7,18H,2-3,8-11H2,1H3,(H2,16,21). The van der Waals surface area contributed by atoms with Crippen molar-refractivity contribution in [3.05, 3.63) is 29.8 Å². The highest BCUT2D eigenvalue weighted by Crippen LogP contribution is 2.12. The molecule has 21 heavy (non-hydrogen) atoms. The van der Waals surface area contributed by atoms with Crippen molar-refractivity contribution in [2.45, 2.75) is 19.8 Å². The molecule has 0 aliphatic rings. The van der Waals surface area contributed by atoms with Crippen LogP contribution >= 0.6 is 12.2 Å². The molecule has 0 atom stereocenters. The lowest BCUT2D eigenvalue weighted by Gasteiger charge is -2.21. The predicted molar refractivity (Wildman–Crippen MR) is 86.4 cm³/mol. The molecule has 0 fully saturated rings. The van der Waals surface area contributed by atoms with E-state index in [1.807, 2.05) is 0 Å². The molecule has 1 rings (SSSR count). The smallest absolute Gasteiger partial charge is 0.260 e. The molecule has 5 nitrogen and oxygen atoms in total. The van der Waals surface area contributed by atoms with Gasteiger partial charge in [-0.05, 0) is 30.7 Å². The third-order valence-corrected chi connectivity index (χ3v) is 3.24. The fourth-order valence-electron chi connectivity index (χ4n) is 1.78. The number of aliphatic hydroxyl groups excluding tert-OH is 1. The number of unbranched alkanes of at least 4 members (excludes halogenated alkanes) is 1. The molecule has 1 amide bonds. The van der Waals surface area contributed by atoms with E-state index < -0.39 is 0 Å². The first-order valence-corrected chi connectivity index (χ1v) is 7.40. The van der Waals surface area contributed by atoms with Crippen LogP contribution < -0.4 is 10.5 Å². The highest BCUT2D eigenvalue weighted by atomic mass is 32.1. The van der Waals surface area contributed by atoms with Crippen molar-refractivity contribution < 1.29 is 14.6 Å². The molecule has 0 bridgehead atoms. The van der Waals surface area contributed by atoms with Gasteiger partial charge in [-0.3, -0.25) is 4.79 Å². The van der Waals surface area contributed by atoms with Crippen LogP contribution in [0.4, 0.5) is 0 Å². The fourth-order valence-corrected chi connectivity index (χ4v) is 1.92. The largest absolute Gasteiger partial charge is 0.484 e. The molecule has 0 aliphatic heterocycles. The van der Waals surface area contributed by atoms with Gasteiger partial charge in [0.25, 0.3) is 5.91 Å². The quantitative estimate of drug-likeness (QED) is 0.673. The Morgan fingerprint density at radius 2 is 2.00 bits per heavy atom. The van der Waals surface area contributed by atoms with Crippen LogP contribution in [0.1, 0.15) is 25.3 Å². The van der Waals surface area contributed by atoms with Crippen LogP contribution in [0.15, 0.2) is 24.3 Å². The Labute approximate surface area is 130 Å². The van der Waals surface area contributed by atoms with Crippen LogP contribution in [0.25, 0.3) is 0 Å². The third kappa shape index (κ3) is 6.10. The molecule has 0 saturated heterocycles. The number of nitrogens with zero attached hydrogens (tertiary/aromatic N) is 1.